The molecule has 2 aliphatic heterocycles. The summed E-state index contributed by atoms with van der Waals surface area (Å²) >= 11 is 1.69. The van der Waals surface area contributed by atoms with Gasteiger partial charge in [0.05, 0.1) is 0 Å². The summed E-state index contributed by atoms with van der Waals surface area (Å²) in [5, 5.41) is 3.25. The van der Waals surface area contributed by atoms with Crippen LogP contribution in [-0.4, -0.2) is 58.5 Å². The number of nitrogens with one attached hydrogen (secondary N) is 1. The number of urea groups is 1. The number of hydrogen-bond donors (Lipinski definition) is 1. The van der Waals surface area contributed by atoms with Crippen LogP contribution in [0.5, 0.6) is 0 Å². The van der Waals surface area contributed by atoms with Crippen LogP contribution in [0, 0.1) is 0 Å². The second-order valence-corrected chi connectivity index (χ2v) is 8.00. The number of fused-ring (bicyclic) bond motifs is 1. The lowest BCUT2D eigenvalue weighted by atomic mass is 10.1. The Morgan fingerprint density at radius 2 is 1.81 bits per heavy atom. The summed E-state index contributed by atoms with van der Waals surface area (Å²) in [5.74, 6) is 0.714. The molecule has 146 valence electrons. The Bertz CT molecular complexity index is 538. The molecule has 1 fully saturated rings. The minimum Gasteiger partial charge on any atom is -0.332 e. The molecule has 7 heteroatoms. The third-order valence-electron chi connectivity index (χ3n) is 4.88. The predicted octanol–water partition coefficient (Wildman–Crippen LogP) is 3.59. The lowest BCUT2D eigenvalue weighted by Crippen LogP contribution is -2.63. The average molecular weight is 381 g/mol. The molecule has 2 rings (SSSR count). The highest BCUT2D eigenvalue weighted by Crippen LogP contribution is 2.28. The Morgan fingerprint density at radius 3 is 2.46 bits per heavy atom. The first-order valence-electron chi connectivity index (χ1n) is 9.76. The molecule has 0 spiro atoms. The lowest BCUT2D eigenvalue weighted by molar-refractivity contribution is -0.126. The molecule has 0 bridgehead atoms. The van der Waals surface area contributed by atoms with Crippen molar-refractivity contribution in [1.82, 2.24) is 15.1 Å². The summed E-state index contributed by atoms with van der Waals surface area (Å²) in [5.41, 5.74) is 0. The van der Waals surface area contributed by atoms with E-state index in [0.29, 0.717) is 6.54 Å². The van der Waals surface area contributed by atoms with Gasteiger partial charge in [0.1, 0.15) is 0 Å². The fourth-order valence-corrected chi connectivity index (χ4v) is 4.42. The molecule has 26 heavy (non-hydrogen) atoms. The third kappa shape index (κ3) is 5.25. The Morgan fingerprint density at radius 1 is 1.15 bits per heavy atom. The minimum absolute atomic E-state index is 0.272. The number of amides is 3. The Balaban J connectivity index is 1.79. The summed E-state index contributed by atoms with van der Waals surface area (Å²) in [6, 6.07) is -0.829. The zero-order chi connectivity index (χ0) is 18.9. The van der Waals surface area contributed by atoms with Gasteiger partial charge in [-0.3, -0.25) is 10.1 Å². The highest BCUT2D eigenvalue weighted by atomic mass is 32.2. The molecule has 0 saturated carbocycles. The van der Waals surface area contributed by atoms with Gasteiger partial charge in [-0.1, -0.05) is 69.7 Å². The molecule has 2 aliphatic rings. The first kappa shape index (κ1) is 20.8. The zero-order valence-electron chi connectivity index (χ0n) is 16.1. The van der Waals surface area contributed by atoms with Gasteiger partial charge >= 0.3 is 6.03 Å². The van der Waals surface area contributed by atoms with E-state index in [0.717, 1.165) is 17.3 Å². The maximum absolute atomic E-state index is 12.3. The van der Waals surface area contributed by atoms with Gasteiger partial charge < -0.3 is 9.80 Å². The number of nitrogens with zero attached hydrogens (tertiary/aromatic N) is 3. The van der Waals surface area contributed by atoms with Gasteiger partial charge in [0.15, 0.2) is 17.4 Å². The fraction of sp³-hybridized carbons (Fsp3) is 0.737. The van der Waals surface area contributed by atoms with Crippen LogP contribution in [-0.2, 0) is 4.79 Å². The first-order valence-corrected chi connectivity index (χ1v) is 10.7. The van der Waals surface area contributed by atoms with Gasteiger partial charge in [-0.15, -0.1) is 6.58 Å². The number of hydrogen-bond acceptors (Lipinski definition) is 5. The largest absolute Gasteiger partial charge is 0.332 e. The topological polar surface area (TPSA) is 65.0 Å². The Hall–Kier alpha value is -1.50. The number of likely N-dealkylation sites (N-methyl/N-ethyl adjacent to an activating group) is 1. The van der Waals surface area contributed by atoms with Crippen molar-refractivity contribution in [2.45, 2.75) is 70.5 Å². The van der Waals surface area contributed by atoms with Crippen LogP contribution in [0.15, 0.2) is 17.6 Å². The first-order chi connectivity index (χ1) is 12.6. The number of imide groups is 1. The number of carbonyl (C=O) groups is 2. The van der Waals surface area contributed by atoms with Gasteiger partial charge in [0.2, 0.25) is 0 Å². The number of aliphatic imine (C=N–C) groups is 1. The molecule has 0 aromatic carbocycles. The van der Waals surface area contributed by atoms with Crippen molar-refractivity contribution in [2.75, 3.05) is 19.3 Å². The molecule has 2 atom stereocenters. The molecule has 3 amide bonds. The molecule has 1 saturated heterocycles. The second kappa shape index (κ2) is 10.6. The standard InChI is InChI=1S/C19H32N4O2S/c1-4-6-7-8-9-10-11-12-14-26-19-20-16-15(23(19)13-5-2)17(24)21-18(25)22(16)3/h5,15-16H,2,4,6-14H2,1,3H3,(H,21,24,25). The monoisotopic (exact) mass is 380 g/mol. The smallest absolute Gasteiger partial charge is 0.325 e. The summed E-state index contributed by atoms with van der Waals surface area (Å²) in [6.07, 6.45) is 11.7. The molecule has 0 aromatic heterocycles. The van der Waals surface area contributed by atoms with E-state index in [-0.39, 0.29) is 11.9 Å². The molecular weight excluding hydrogens is 348 g/mol. The molecule has 2 unspecified atom stereocenters. The van der Waals surface area contributed by atoms with Crippen molar-refractivity contribution in [1.29, 1.82) is 0 Å². The number of amidine groups is 1. The van der Waals surface area contributed by atoms with E-state index in [1.807, 2.05) is 4.90 Å². The Labute approximate surface area is 161 Å². The van der Waals surface area contributed by atoms with Crippen LogP contribution in [0.25, 0.3) is 0 Å². The highest BCUT2D eigenvalue weighted by Gasteiger charge is 2.48. The van der Waals surface area contributed by atoms with E-state index < -0.39 is 12.2 Å². The Kier molecular flexibility index (Phi) is 8.48. The normalized spacial score (nSPS) is 22.3. The number of rotatable bonds is 11. The third-order valence-corrected chi connectivity index (χ3v) is 5.97. The number of thioether (sulfide) groups is 1. The van der Waals surface area contributed by atoms with Crippen LogP contribution in [0.3, 0.4) is 0 Å². The predicted molar refractivity (Wildman–Crippen MR) is 108 cm³/mol. The molecular formula is C19H32N4O2S. The van der Waals surface area contributed by atoms with E-state index in [4.69, 9.17) is 0 Å². The van der Waals surface area contributed by atoms with Gasteiger partial charge in [0.25, 0.3) is 5.91 Å². The molecule has 2 heterocycles. The minimum atomic E-state index is -0.447. The van der Waals surface area contributed by atoms with Crippen molar-refractivity contribution in [3.05, 3.63) is 12.7 Å². The summed E-state index contributed by atoms with van der Waals surface area (Å²) in [7, 11) is 1.68. The van der Waals surface area contributed by atoms with Crippen molar-refractivity contribution >= 4 is 28.9 Å². The maximum Gasteiger partial charge on any atom is 0.325 e. The van der Waals surface area contributed by atoms with Crippen molar-refractivity contribution < 1.29 is 9.59 Å². The van der Waals surface area contributed by atoms with Gasteiger partial charge in [0, 0.05) is 19.3 Å². The molecule has 0 radical (unpaired) electrons. The SMILES string of the molecule is C=CCN1C(SCCCCCCCCCC)=NC2C1C(=O)NC(=O)N2C. The van der Waals surface area contributed by atoms with Crippen LogP contribution in [0.4, 0.5) is 4.79 Å². The summed E-state index contributed by atoms with van der Waals surface area (Å²) in [6.45, 7) is 6.59. The van der Waals surface area contributed by atoms with Crippen molar-refractivity contribution in [3.63, 3.8) is 0 Å². The van der Waals surface area contributed by atoms with E-state index in [9.17, 15) is 9.59 Å². The van der Waals surface area contributed by atoms with Crippen LogP contribution < -0.4 is 5.32 Å². The van der Waals surface area contributed by atoms with E-state index in [1.165, 1.54) is 49.8 Å². The summed E-state index contributed by atoms with van der Waals surface area (Å²) in [4.78, 5) is 32.2. The number of carbonyl (C=O) groups excluding carboxylic acids is 2. The highest BCUT2D eigenvalue weighted by molar-refractivity contribution is 8.13. The average Bonchev–Trinajstić information content (AvgIpc) is 2.98. The quantitative estimate of drug-likeness (QED) is 0.439. The van der Waals surface area contributed by atoms with Gasteiger partial charge in [-0.05, 0) is 6.42 Å². The van der Waals surface area contributed by atoms with Crippen molar-refractivity contribution in [3.8, 4) is 0 Å². The zero-order valence-corrected chi connectivity index (χ0v) is 16.9. The van der Waals surface area contributed by atoms with E-state index >= 15 is 0 Å². The molecule has 1 N–H and O–H groups in total. The van der Waals surface area contributed by atoms with Crippen LogP contribution >= 0.6 is 11.8 Å². The van der Waals surface area contributed by atoms with Crippen LogP contribution in [0.2, 0.25) is 0 Å². The van der Waals surface area contributed by atoms with E-state index in [1.54, 1.807) is 24.9 Å². The van der Waals surface area contributed by atoms with Gasteiger partial charge in [-0.25, -0.2) is 9.79 Å². The second-order valence-electron chi connectivity index (χ2n) is 6.94. The molecule has 6 nitrogen and oxygen atoms in total. The maximum atomic E-state index is 12.3. The van der Waals surface area contributed by atoms with Gasteiger partial charge in [-0.2, -0.15) is 0 Å². The van der Waals surface area contributed by atoms with Crippen molar-refractivity contribution in [2.24, 2.45) is 4.99 Å². The fourth-order valence-electron chi connectivity index (χ4n) is 3.35. The molecule has 0 aromatic rings. The number of unbranched alkanes of at least 4 members (excludes halogenated alkanes) is 7. The van der Waals surface area contributed by atoms with Crippen LogP contribution in [0.1, 0.15) is 58.3 Å². The summed E-state index contributed by atoms with van der Waals surface area (Å²) < 4.78 is 0. The molecule has 0 aliphatic carbocycles. The van der Waals surface area contributed by atoms with E-state index in [2.05, 4.69) is 23.8 Å². The lowest BCUT2D eigenvalue weighted by Gasteiger charge is -2.35.